The third-order valence-corrected chi connectivity index (χ3v) is 4.34. The molecule has 0 amide bonds. The van der Waals surface area contributed by atoms with Crippen LogP contribution in [0, 0.1) is 0 Å². The second-order valence-corrected chi connectivity index (χ2v) is 9.02. The molecule has 0 saturated heterocycles. The summed E-state index contributed by atoms with van der Waals surface area (Å²) in [5, 5.41) is 0. The molecule has 0 unspecified atom stereocenters. The molecule has 0 aliphatic carbocycles. The summed E-state index contributed by atoms with van der Waals surface area (Å²) in [4.78, 5) is 4.34. The second-order valence-electron chi connectivity index (χ2n) is 5.53. The molecular formula is C15H15N3O5S2. The number of hydrogen-bond acceptors (Lipinski definition) is 6. The van der Waals surface area contributed by atoms with Gasteiger partial charge >= 0.3 is 0 Å². The molecule has 1 heterocycles. The van der Waals surface area contributed by atoms with E-state index < -0.39 is 20.0 Å². The van der Waals surface area contributed by atoms with Crippen molar-refractivity contribution >= 4 is 42.5 Å². The third-order valence-electron chi connectivity index (χ3n) is 3.13. The second kappa shape index (κ2) is 6.05. The van der Waals surface area contributed by atoms with Gasteiger partial charge in [-0.25, -0.2) is 21.8 Å². The van der Waals surface area contributed by atoms with E-state index in [0.717, 1.165) is 12.5 Å². The molecule has 0 fully saturated rings. The highest BCUT2D eigenvalue weighted by molar-refractivity contribution is 7.92. The van der Waals surface area contributed by atoms with Crippen LogP contribution in [0.3, 0.4) is 0 Å². The molecule has 0 bridgehead atoms. The first-order chi connectivity index (χ1) is 11.6. The van der Waals surface area contributed by atoms with Crippen molar-refractivity contribution in [3.63, 3.8) is 0 Å². The average Bonchev–Trinajstić information content (AvgIpc) is 2.87. The molecule has 132 valence electrons. The summed E-state index contributed by atoms with van der Waals surface area (Å²) in [7, 11) is -6.72. The van der Waals surface area contributed by atoms with Crippen LogP contribution in [0.25, 0.3) is 22.6 Å². The summed E-state index contributed by atoms with van der Waals surface area (Å²) < 4.78 is 55.4. The van der Waals surface area contributed by atoms with Crippen LogP contribution in [0.15, 0.2) is 46.9 Å². The fourth-order valence-electron chi connectivity index (χ4n) is 2.22. The first kappa shape index (κ1) is 17.2. The lowest BCUT2D eigenvalue weighted by molar-refractivity contribution is 0.605. The van der Waals surface area contributed by atoms with E-state index in [0.29, 0.717) is 33.9 Å². The van der Waals surface area contributed by atoms with Crippen LogP contribution in [0.2, 0.25) is 0 Å². The highest BCUT2D eigenvalue weighted by Crippen LogP contribution is 2.27. The van der Waals surface area contributed by atoms with E-state index in [1.807, 2.05) is 0 Å². The number of anilines is 2. The van der Waals surface area contributed by atoms with E-state index in [2.05, 4.69) is 14.4 Å². The lowest BCUT2D eigenvalue weighted by Gasteiger charge is -2.03. The molecule has 2 aromatic carbocycles. The molecule has 3 rings (SSSR count). The molecular weight excluding hydrogens is 366 g/mol. The predicted octanol–water partition coefficient (Wildman–Crippen LogP) is 2.24. The zero-order valence-corrected chi connectivity index (χ0v) is 15.0. The van der Waals surface area contributed by atoms with Crippen molar-refractivity contribution in [1.29, 1.82) is 0 Å². The highest BCUT2D eigenvalue weighted by atomic mass is 32.2. The molecule has 3 aromatic rings. The van der Waals surface area contributed by atoms with E-state index >= 15 is 0 Å². The summed E-state index contributed by atoms with van der Waals surface area (Å²) in [6.07, 6.45) is 2.14. The number of fused-ring (bicyclic) bond motifs is 1. The molecule has 2 N–H and O–H groups in total. The van der Waals surface area contributed by atoms with Gasteiger partial charge in [-0.2, -0.15) is 0 Å². The summed E-state index contributed by atoms with van der Waals surface area (Å²) >= 11 is 0. The molecule has 1 aromatic heterocycles. The molecule has 0 aliphatic heterocycles. The maximum Gasteiger partial charge on any atom is 0.229 e. The van der Waals surface area contributed by atoms with Gasteiger partial charge in [0.1, 0.15) is 5.52 Å². The van der Waals surface area contributed by atoms with Crippen LogP contribution < -0.4 is 9.44 Å². The van der Waals surface area contributed by atoms with Gasteiger partial charge < -0.3 is 4.42 Å². The average molecular weight is 381 g/mol. The number of nitrogens with zero attached hydrogens (tertiary/aromatic N) is 1. The van der Waals surface area contributed by atoms with E-state index in [-0.39, 0.29) is 0 Å². The lowest BCUT2D eigenvalue weighted by Crippen LogP contribution is -2.09. The monoisotopic (exact) mass is 381 g/mol. The smallest absolute Gasteiger partial charge is 0.229 e. The Labute approximate surface area is 145 Å². The maximum atomic E-state index is 11.3. The molecule has 8 nitrogen and oxygen atoms in total. The Morgan fingerprint density at radius 1 is 0.840 bits per heavy atom. The largest absolute Gasteiger partial charge is 0.436 e. The predicted molar refractivity (Wildman–Crippen MR) is 96.4 cm³/mol. The van der Waals surface area contributed by atoms with E-state index in [9.17, 15) is 16.8 Å². The van der Waals surface area contributed by atoms with Gasteiger partial charge in [0.25, 0.3) is 0 Å². The minimum atomic E-state index is -3.38. The topological polar surface area (TPSA) is 118 Å². The Hall–Kier alpha value is -2.59. The number of nitrogens with one attached hydrogen (secondary N) is 2. The van der Waals surface area contributed by atoms with Crippen LogP contribution in [-0.2, 0) is 20.0 Å². The first-order valence-corrected chi connectivity index (χ1v) is 10.8. The maximum absolute atomic E-state index is 11.3. The van der Waals surface area contributed by atoms with Crippen molar-refractivity contribution in [2.24, 2.45) is 0 Å². The minimum Gasteiger partial charge on any atom is -0.436 e. The fraction of sp³-hybridized carbons (Fsp3) is 0.133. The number of rotatable bonds is 5. The van der Waals surface area contributed by atoms with Crippen LogP contribution in [0.4, 0.5) is 11.4 Å². The highest BCUT2D eigenvalue weighted by Gasteiger charge is 2.11. The lowest BCUT2D eigenvalue weighted by atomic mass is 10.2. The van der Waals surface area contributed by atoms with Crippen molar-refractivity contribution in [2.75, 3.05) is 22.0 Å². The number of sulfonamides is 2. The Kier molecular flexibility index (Phi) is 4.17. The van der Waals surface area contributed by atoms with Gasteiger partial charge in [-0.05, 0) is 42.5 Å². The zero-order chi connectivity index (χ0) is 18.2. The van der Waals surface area contributed by atoms with Crippen molar-refractivity contribution in [3.8, 4) is 11.5 Å². The standard InChI is InChI=1S/C15H15N3O5S2/c1-24(19,20)17-11-5-3-10(4-6-11)15-16-13-9-12(18-25(2,21)22)7-8-14(13)23-15/h3-9,17-18H,1-2H3. The van der Waals surface area contributed by atoms with E-state index in [1.54, 1.807) is 42.5 Å². The molecule has 0 spiro atoms. The van der Waals surface area contributed by atoms with Gasteiger partial charge in [-0.3, -0.25) is 9.44 Å². The fourth-order valence-corrected chi connectivity index (χ4v) is 3.34. The minimum absolute atomic E-state index is 0.345. The van der Waals surface area contributed by atoms with Crippen molar-refractivity contribution in [3.05, 3.63) is 42.5 Å². The van der Waals surface area contributed by atoms with Crippen molar-refractivity contribution in [2.45, 2.75) is 0 Å². The number of oxazole rings is 1. The van der Waals surface area contributed by atoms with E-state index in [4.69, 9.17) is 4.42 Å². The Balaban J connectivity index is 1.91. The normalized spacial score (nSPS) is 12.2. The zero-order valence-electron chi connectivity index (χ0n) is 13.3. The van der Waals surface area contributed by atoms with E-state index in [1.165, 1.54) is 0 Å². The number of benzene rings is 2. The Morgan fingerprint density at radius 2 is 1.40 bits per heavy atom. The Morgan fingerprint density at radius 3 is 2.00 bits per heavy atom. The van der Waals surface area contributed by atoms with Crippen LogP contribution in [-0.4, -0.2) is 34.3 Å². The Bertz CT molecular complexity index is 1130. The number of aromatic nitrogens is 1. The molecule has 0 radical (unpaired) electrons. The van der Waals surface area contributed by atoms with Gasteiger partial charge in [0.2, 0.25) is 25.9 Å². The van der Waals surface area contributed by atoms with Crippen LogP contribution >= 0.6 is 0 Å². The van der Waals surface area contributed by atoms with Crippen LogP contribution in [0.1, 0.15) is 0 Å². The third kappa shape index (κ3) is 4.48. The van der Waals surface area contributed by atoms with Gasteiger partial charge in [-0.1, -0.05) is 0 Å². The van der Waals surface area contributed by atoms with Gasteiger partial charge in [0.05, 0.1) is 18.2 Å². The van der Waals surface area contributed by atoms with Gasteiger partial charge in [-0.15, -0.1) is 0 Å². The summed E-state index contributed by atoms with van der Waals surface area (Å²) in [5.41, 5.74) is 2.49. The molecule has 25 heavy (non-hydrogen) atoms. The first-order valence-electron chi connectivity index (χ1n) is 7.06. The SMILES string of the molecule is CS(=O)(=O)Nc1ccc(-c2nc3cc(NS(C)(=O)=O)ccc3o2)cc1. The molecule has 0 atom stereocenters. The molecule has 10 heteroatoms. The van der Waals surface area contributed by atoms with Gasteiger partial charge in [0, 0.05) is 11.3 Å². The van der Waals surface area contributed by atoms with Gasteiger partial charge in [0.15, 0.2) is 5.58 Å². The summed E-state index contributed by atoms with van der Waals surface area (Å²) in [6.45, 7) is 0. The van der Waals surface area contributed by atoms with Crippen molar-refractivity contribution < 1.29 is 21.3 Å². The number of hydrogen-bond donors (Lipinski definition) is 2. The molecule has 0 saturated carbocycles. The van der Waals surface area contributed by atoms with Crippen LogP contribution in [0.5, 0.6) is 0 Å². The molecule has 0 aliphatic rings. The van der Waals surface area contributed by atoms with Crippen molar-refractivity contribution in [1.82, 2.24) is 4.98 Å². The summed E-state index contributed by atoms with van der Waals surface area (Å²) in [6, 6.07) is 11.3. The quantitative estimate of drug-likeness (QED) is 0.700. The summed E-state index contributed by atoms with van der Waals surface area (Å²) in [5.74, 6) is 0.345.